The quantitative estimate of drug-likeness (QED) is 0.628. The van der Waals surface area contributed by atoms with Gasteiger partial charge in [-0.3, -0.25) is 9.48 Å². The lowest BCUT2D eigenvalue weighted by Gasteiger charge is -2.32. The second-order valence-electron chi connectivity index (χ2n) is 7.82. The number of hydrogen-bond donors (Lipinski definition) is 1. The van der Waals surface area contributed by atoms with Crippen molar-refractivity contribution in [1.82, 2.24) is 14.7 Å². The first-order valence-corrected chi connectivity index (χ1v) is 10.6. The number of amides is 1. The van der Waals surface area contributed by atoms with Gasteiger partial charge in [-0.15, -0.1) is 0 Å². The fourth-order valence-corrected chi connectivity index (χ4v) is 4.00. The lowest BCUT2D eigenvalue weighted by Crippen LogP contribution is -3.13. The number of nitrogens with zero attached hydrogens (tertiary/aromatic N) is 3. The van der Waals surface area contributed by atoms with E-state index in [1.165, 1.54) is 10.5 Å². The fraction of sp³-hybridized carbons (Fsp3) is 0.333. The highest BCUT2D eigenvalue weighted by Gasteiger charge is 2.25. The van der Waals surface area contributed by atoms with E-state index in [1.807, 2.05) is 46.1 Å². The third-order valence-corrected chi connectivity index (χ3v) is 5.73. The van der Waals surface area contributed by atoms with E-state index in [4.69, 9.17) is 9.47 Å². The molecule has 31 heavy (non-hydrogen) atoms. The van der Waals surface area contributed by atoms with Crippen LogP contribution >= 0.6 is 0 Å². The molecular weight excluding hydrogens is 392 g/mol. The fourth-order valence-electron chi connectivity index (χ4n) is 4.00. The lowest BCUT2D eigenvalue weighted by atomic mass is 10.1. The zero-order chi connectivity index (χ0) is 21.6. The molecule has 0 spiro atoms. The number of aromatic nitrogens is 2. The predicted octanol–water partition coefficient (Wildman–Crippen LogP) is 1.49. The number of quaternary nitrogens is 1. The summed E-state index contributed by atoms with van der Waals surface area (Å²) in [4.78, 5) is 16.3. The third kappa shape index (κ3) is 5.06. The normalized spacial score (nSPS) is 14.5. The van der Waals surface area contributed by atoms with Gasteiger partial charge < -0.3 is 19.3 Å². The summed E-state index contributed by atoms with van der Waals surface area (Å²) in [6.45, 7) is 4.88. The molecule has 4 rings (SSSR count). The van der Waals surface area contributed by atoms with Gasteiger partial charge in [-0.25, -0.2) is 0 Å². The Bertz CT molecular complexity index is 1010. The highest BCUT2D eigenvalue weighted by Crippen LogP contribution is 2.27. The van der Waals surface area contributed by atoms with Crippen LogP contribution < -0.4 is 14.4 Å². The molecule has 0 bridgehead atoms. The topological polar surface area (TPSA) is 61.0 Å². The summed E-state index contributed by atoms with van der Waals surface area (Å²) in [6.07, 6.45) is 3.52. The number of carbonyl (C=O) groups excluding carboxylic acids is 1. The van der Waals surface area contributed by atoms with Crippen LogP contribution in [-0.2, 0) is 13.1 Å². The van der Waals surface area contributed by atoms with E-state index in [-0.39, 0.29) is 5.91 Å². The molecule has 1 saturated heterocycles. The molecule has 2 aromatic carbocycles. The minimum Gasteiger partial charge on any atom is -0.493 e. The molecule has 3 aromatic rings. The molecule has 1 fully saturated rings. The average molecular weight is 422 g/mol. The number of rotatable bonds is 7. The van der Waals surface area contributed by atoms with E-state index < -0.39 is 0 Å². The maximum absolute atomic E-state index is 12.9. The van der Waals surface area contributed by atoms with E-state index >= 15 is 0 Å². The van der Waals surface area contributed by atoms with E-state index in [2.05, 4.69) is 23.3 Å². The van der Waals surface area contributed by atoms with Crippen molar-refractivity contribution in [2.24, 2.45) is 0 Å². The van der Waals surface area contributed by atoms with Gasteiger partial charge in [0.25, 0.3) is 5.91 Å². The zero-order valence-electron chi connectivity index (χ0n) is 18.1. The number of methoxy groups -OCH3 is 2. The first-order valence-electron chi connectivity index (χ1n) is 10.6. The largest absolute Gasteiger partial charge is 0.493 e. The third-order valence-electron chi connectivity index (χ3n) is 5.73. The Kier molecular flexibility index (Phi) is 6.52. The molecule has 7 heteroatoms. The summed E-state index contributed by atoms with van der Waals surface area (Å²) < 4.78 is 12.5. The van der Waals surface area contributed by atoms with E-state index in [0.29, 0.717) is 12.1 Å². The number of hydrogen-bond acceptors (Lipinski definition) is 4. The van der Waals surface area contributed by atoms with Crippen molar-refractivity contribution in [3.63, 3.8) is 0 Å². The molecule has 1 aliphatic rings. The summed E-state index contributed by atoms with van der Waals surface area (Å²) in [5.41, 5.74) is 3.02. The van der Waals surface area contributed by atoms with Crippen LogP contribution in [0.1, 0.15) is 21.5 Å². The van der Waals surface area contributed by atoms with Crippen LogP contribution in [0.3, 0.4) is 0 Å². The monoisotopic (exact) mass is 421 g/mol. The van der Waals surface area contributed by atoms with Crippen LogP contribution in [0.5, 0.6) is 11.5 Å². The van der Waals surface area contributed by atoms with Crippen molar-refractivity contribution >= 4 is 5.91 Å². The molecule has 1 aliphatic heterocycles. The molecule has 0 unspecified atom stereocenters. The molecule has 1 aromatic heterocycles. The Morgan fingerprint density at radius 3 is 2.45 bits per heavy atom. The van der Waals surface area contributed by atoms with Crippen molar-refractivity contribution in [3.8, 4) is 11.5 Å². The van der Waals surface area contributed by atoms with Gasteiger partial charge in [0.1, 0.15) is 6.54 Å². The molecule has 2 heterocycles. The number of piperazine rings is 1. The zero-order valence-corrected chi connectivity index (χ0v) is 18.1. The van der Waals surface area contributed by atoms with E-state index in [9.17, 15) is 4.79 Å². The van der Waals surface area contributed by atoms with Gasteiger partial charge in [0.15, 0.2) is 11.5 Å². The van der Waals surface area contributed by atoms with Crippen LogP contribution in [-0.4, -0.2) is 61.0 Å². The van der Waals surface area contributed by atoms with Crippen molar-refractivity contribution in [3.05, 3.63) is 77.6 Å². The molecule has 0 aliphatic carbocycles. The molecule has 1 N–H and O–H groups in total. The number of ether oxygens (including phenoxy) is 2. The van der Waals surface area contributed by atoms with Crippen LogP contribution in [0.2, 0.25) is 0 Å². The van der Waals surface area contributed by atoms with Gasteiger partial charge >= 0.3 is 0 Å². The van der Waals surface area contributed by atoms with Crippen molar-refractivity contribution < 1.29 is 19.2 Å². The smallest absolute Gasteiger partial charge is 0.257 e. The summed E-state index contributed by atoms with van der Waals surface area (Å²) in [7, 11) is 3.30. The second kappa shape index (κ2) is 9.66. The van der Waals surface area contributed by atoms with E-state index in [0.717, 1.165) is 49.8 Å². The standard InChI is InChI=1S/C24H28N4O3/c1-30-22-9-8-20(14-23(22)31-2)16-26-10-12-27(13-11-26)24(29)21-15-25-28(18-21)17-19-6-4-3-5-7-19/h3-9,14-15,18H,10-13,16-17H2,1-2H3/p+1. The summed E-state index contributed by atoms with van der Waals surface area (Å²) in [5, 5.41) is 4.37. The summed E-state index contributed by atoms with van der Waals surface area (Å²) in [5.74, 6) is 1.55. The maximum Gasteiger partial charge on any atom is 0.257 e. The second-order valence-corrected chi connectivity index (χ2v) is 7.82. The summed E-state index contributed by atoms with van der Waals surface area (Å²) >= 11 is 0. The van der Waals surface area contributed by atoms with E-state index in [1.54, 1.807) is 20.4 Å². The van der Waals surface area contributed by atoms with Crippen molar-refractivity contribution in [2.75, 3.05) is 40.4 Å². The van der Waals surface area contributed by atoms with Gasteiger partial charge in [0.2, 0.25) is 0 Å². The Balaban J connectivity index is 1.31. The molecule has 7 nitrogen and oxygen atoms in total. The van der Waals surface area contributed by atoms with Gasteiger partial charge in [-0.1, -0.05) is 30.3 Å². The van der Waals surface area contributed by atoms with Crippen LogP contribution in [0.4, 0.5) is 0 Å². The van der Waals surface area contributed by atoms with Gasteiger partial charge in [0, 0.05) is 11.8 Å². The van der Waals surface area contributed by atoms with Crippen LogP contribution in [0.25, 0.3) is 0 Å². The Morgan fingerprint density at radius 2 is 1.74 bits per heavy atom. The predicted molar refractivity (Wildman–Crippen MR) is 118 cm³/mol. The SMILES string of the molecule is COc1ccc(C[NH+]2CCN(C(=O)c3cnn(Cc4ccccc4)c3)CC2)cc1OC. The van der Waals surface area contributed by atoms with Crippen molar-refractivity contribution in [2.45, 2.75) is 13.1 Å². The van der Waals surface area contributed by atoms with Crippen LogP contribution in [0, 0.1) is 0 Å². The molecule has 162 valence electrons. The Morgan fingerprint density at radius 1 is 1.00 bits per heavy atom. The minimum atomic E-state index is 0.0597. The number of benzene rings is 2. The first-order chi connectivity index (χ1) is 15.2. The van der Waals surface area contributed by atoms with Crippen molar-refractivity contribution in [1.29, 1.82) is 0 Å². The maximum atomic E-state index is 12.9. The first kappa shape index (κ1) is 20.9. The Labute approximate surface area is 182 Å². The molecule has 1 amide bonds. The highest BCUT2D eigenvalue weighted by molar-refractivity contribution is 5.93. The molecular formula is C24H29N4O3+. The molecule has 0 saturated carbocycles. The lowest BCUT2D eigenvalue weighted by molar-refractivity contribution is -0.917. The highest BCUT2D eigenvalue weighted by atomic mass is 16.5. The van der Waals surface area contributed by atoms with Crippen LogP contribution in [0.15, 0.2) is 60.9 Å². The summed E-state index contributed by atoms with van der Waals surface area (Å²) in [6, 6.07) is 16.2. The molecule has 0 radical (unpaired) electrons. The number of carbonyl (C=O) groups is 1. The number of nitrogens with one attached hydrogen (secondary N) is 1. The molecule has 0 atom stereocenters. The Hall–Kier alpha value is -3.32. The van der Waals surface area contributed by atoms with Gasteiger partial charge in [-0.2, -0.15) is 5.10 Å². The van der Waals surface area contributed by atoms with Gasteiger partial charge in [0.05, 0.1) is 58.7 Å². The average Bonchev–Trinajstić information content (AvgIpc) is 3.28. The van der Waals surface area contributed by atoms with Gasteiger partial charge in [-0.05, 0) is 23.8 Å². The minimum absolute atomic E-state index is 0.0597.